The average Bonchev–Trinajstić information content (AvgIpc) is 2.98. The molecule has 3 aromatic carbocycles. The van der Waals surface area contributed by atoms with Crippen molar-refractivity contribution >= 4 is 27.6 Å². The number of hydrogen-bond acceptors (Lipinski definition) is 1. The molecule has 3 nitrogen and oxygen atoms in total. The van der Waals surface area contributed by atoms with Crippen LogP contribution in [0, 0.1) is 0 Å². The number of fused-ring (bicyclic) bond motifs is 2. The fourth-order valence-electron chi connectivity index (χ4n) is 3.52. The molecular formula is C22H19NO2. The molecule has 0 atom stereocenters. The Bertz CT molecular complexity index is 1090. The fraction of sp³-hybridized carbons (Fsp3) is 0.136. The van der Waals surface area contributed by atoms with E-state index in [0.29, 0.717) is 0 Å². The van der Waals surface area contributed by atoms with Crippen molar-refractivity contribution in [1.82, 2.24) is 4.98 Å². The van der Waals surface area contributed by atoms with Gasteiger partial charge in [-0.1, -0.05) is 55.5 Å². The van der Waals surface area contributed by atoms with Crippen LogP contribution in [0.1, 0.15) is 18.1 Å². The molecule has 0 fully saturated rings. The molecule has 1 heterocycles. The predicted molar refractivity (Wildman–Crippen MR) is 102 cm³/mol. The van der Waals surface area contributed by atoms with Crippen molar-refractivity contribution in [2.75, 3.05) is 0 Å². The Morgan fingerprint density at radius 3 is 2.60 bits per heavy atom. The van der Waals surface area contributed by atoms with Crippen LogP contribution in [0.3, 0.4) is 0 Å². The van der Waals surface area contributed by atoms with E-state index in [9.17, 15) is 9.90 Å². The molecule has 0 bridgehead atoms. The van der Waals surface area contributed by atoms with Crippen LogP contribution in [0.25, 0.3) is 32.9 Å². The number of carbonyl (C=O) groups is 1. The van der Waals surface area contributed by atoms with Gasteiger partial charge in [0.2, 0.25) is 0 Å². The third-order valence-corrected chi connectivity index (χ3v) is 4.77. The number of H-pyrrole nitrogens is 1. The second-order valence-corrected chi connectivity index (χ2v) is 6.31. The van der Waals surface area contributed by atoms with Crippen molar-refractivity contribution in [2.24, 2.45) is 0 Å². The first-order valence-electron chi connectivity index (χ1n) is 8.50. The molecule has 0 unspecified atom stereocenters. The minimum Gasteiger partial charge on any atom is -0.481 e. The Morgan fingerprint density at radius 1 is 1.00 bits per heavy atom. The van der Waals surface area contributed by atoms with E-state index in [1.165, 1.54) is 5.56 Å². The number of aryl methyl sites for hydroxylation is 1. The Balaban J connectivity index is 2.04. The molecule has 0 aliphatic carbocycles. The van der Waals surface area contributed by atoms with Gasteiger partial charge >= 0.3 is 5.97 Å². The third-order valence-electron chi connectivity index (χ3n) is 4.77. The first-order valence-corrected chi connectivity index (χ1v) is 8.50. The molecule has 2 N–H and O–H groups in total. The maximum absolute atomic E-state index is 11.5. The first kappa shape index (κ1) is 15.5. The highest BCUT2D eigenvalue weighted by Gasteiger charge is 2.17. The number of aliphatic carboxylic acids is 1. The largest absolute Gasteiger partial charge is 0.481 e. The quantitative estimate of drug-likeness (QED) is 0.542. The lowest BCUT2D eigenvalue weighted by Crippen LogP contribution is -2.01. The predicted octanol–water partition coefficient (Wildman–Crippen LogP) is 5.18. The van der Waals surface area contributed by atoms with Crippen LogP contribution in [0.2, 0.25) is 0 Å². The van der Waals surface area contributed by atoms with E-state index < -0.39 is 5.97 Å². The SMILES string of the molecule is CCc1ccc2[nH]c(-c3cccc4ccccc34)c(CC(=O)O)c2c1. The van der Waals surface area contributed by atoms with Crippen molar-refractivity contribution < 1.29 is 9.90 Å². The topological polar surface area (TPSA) is 53.1 Å². The highest BCUT2D eigenvalue weighted by atomic mass is 16.4. The standard InChI is InChI=1S/C22H19NO2/c1-2-14-10-11-20-18(12-14)19(13-21(24)25)22(23-20)17-9-5-7-15-6-3-4-8-16(15)17/h3-12,23H,2,13H2,1H3,(H,24,25). The van der Waals surface area contributed by atoms with Gasteiger partial charge in [-0.25, -0.2) is 0 Å². The minimum atomic E-state index is -0.815. The summed E-state index contributed by atoms with van der Waals surface area (Å²) in [5.74, 6) is -0.815. The summed E-state index contributed by atoms with van der Waals surface area (Å²) in [7, 11) is 0. The smallest absolute Gasteiger partial charge is 0.307 e. The molecular weight excluding hydrogens is 310 g/mol. The molecule has 4 rings (SSSR count). The minimum absolute atomic E-state index is 0.00568. The van der Waals surface area contributed by atoms with Gasteiger partial charge in [0.15, 0.2) is 0 Å². The Morgan fingerprint density at radius 2 is 1.80 bits per heavy atom. The van der Waals surface area contributed by atoms with Gasteiger partial charge in [-0.15, -0.1) is 0 Å². The maximum Gasteiger partial charge on any atom is 0.307 e. The van der Waals surface area contributed by atoms with Gasteiger partial charge in [0.1, 0.15) is 0 Å². The lowest BCUT2D eigenvalue weighted by Gasteiger charge is -2.07. The van der Waals surface area contributed by atoms with E-state index in [1.54, 1.807) is 0 Å². The Hall–Kier alpha value is -3.07. The van der Waals surface area contributed by atoms with E-state index in [1.807, 2.05) is 24.3 Å². The summed E-state index contributed by atoms with van der Waals surface area (Å²) >= 11 is 0. The van der Waals surface area contributed by atoms with Crippen molar-refractivity contribution in [3.05, 3.63) is 71.8 Å². The van der Waals surface area contributed by atoms with E-state index in [4.69, 9.17) is 0 Å². The first-order chi connectivity index (χ1) is 12.2. The fourth-order valence-corrected chi connectivity index (χ4v) is 3.52. The van der Waals surface area contributed by atoms with Crippen LogP contribution in [-0.4, -0.2) is 16.1 Å². The van der Waals surface area contributed by atoms with Gasteiger partial charge in [-0.3, -0.25) is 4.79 Å². The van der Waals surface area contributed by atoms with Crippen molar-refractivity contribution in [3.8, 4) is 11.3 Å². The normalized spacial score (nSPS) is 11.2. The number of aromatic amines is 1. The number of benzene rings is 3. The molecule has 0 saturated carbocycles. The Kier molecular flexibility index (Phi) is 3.77. The van der Waals surface area contributed by atoms with Gasteiger partial charge < -0.3 is 10.1 Å². The van der Waals surface area contributed by atoms with E-state index in [2.05, 4.69) is 48.3 Å². The van der Waals surface area contributed by atoms with Gasteiger partial charge in [-0.05, 0) is 40.5 Å². The zero-order chi connectivity index (χ0) is 17.4. The summed E-state index contributed by atoms with van der Waals surface area (Å²) < 4.78 is 0. The van der Waals surface area contributed by atoms with Gasteiger partial charge in [0, 0.05) is 16.5 Å². The molecule has 4 aromatic rings. The molecule has 124 valence electrons. The third kappa shape index (κ3) is 2.68. The lowest BCUT2D eigenvalue weighted by atomic mass is 9.97. The number of hydrogen-bond donors (Lipinski definition) is 2. The van der Waals surface area contributed by atoms with Crippen LogP contribution in [0.15, 0.2) is 60.7 Å². The van der Waals surface area contributed by atoms with Gasteiger partial charge in [0.05, 0.1) is 12.1 Å². The van der Waals surface area contributed by atoms with Crippen LogP contribution >= 0.6 is 0 Å². The van der Waals surface area contributed by atoms with Crippen molar-refractivity contribution in [3.63, 3.8) is 0 Å². The number of carboxylic acids is 1. The zero-order valence-corrected chi connectivity index (χ0v) is 14.0. The molecule has 25 heavy (non-hydrogen) atoms. The summed E-state index contributed by atoms with van der Waals surface area (Å²) in [4.78, 5) is 15.0. The van der Waals surface area contributed by atoms with E-state index in [0.717, 1.165) is 44.9 Å². The van der Waals surface area contributed by atoms with Gasteiger partial charge in [-0.2, -0.15) is 0 Å². The molecule has 0 spiro atoms. The molecule has 3 heteroatoms. The summed E-state index contributed by atoms with van der Waals surface area (Å²) in [6.45, 7) is 2.11. The number of nitrogens with one attached hydrogen (secondary N) is 1. The molecule has 0 saturated heterocycles. The molecule has 0 amide bonds. The number of rotatable bonds is 4. The average molecular weight is 329 g/mol. The molecule has 1 aromatic heterocycles. The highest BCUT2D eigenvalue weighted by molar-refractivity contribution is 6.02. The van der Waals surface area contributed by atoms with E-state index in [-0.39, 0.29) is 6.42 Å². The van der Waals surface area contributed by atoms with Crippen LogP contribution in [0.5, 0.6) is 0 Å². The summed E-state index contributed by atoms with van der Waals surface area (Å²) in [5.41, 5.74) is 5.00. The molecule has 0 aliphatic heterocycles. The summed E-state index contributed by atoms with van der Waals surface area (Å²) in [5, 5.41) is 12.7. The van der Waals surface area contributed by atoms with Crippen LogP contribution < -0.4 is 0 Å². The number of carboxylic acid groups (broad SMARTS) is 1. The van der Waals surface area contributed by atoms with Gasteiger partial charge in [0.25, 0.3) is 0 Å². The monoisotopic (exact) mass is 329 g/mol. The summed E-state index contributed by atoms with van der Waals surface area (Å²) in [6.07, 6.45) is 0.933. The highest BCUT2D eigenvalue weighted by Crippen LogP contribution is 2.35. The second kappa shape index (κ2) is 6.10. The van der Waals surface area contributed by atoms with E-state index >= 15 is 0 Å². The Labute approximate surface area is 145 Å². The molecule has 0 radical (unpaired) electrons. The lowest BCUT2D eigenvalue weighted by molar-refractivity contribution is -0.136. The summed E-state index contributed by atoms with van der Waals surface area (Å²) in [6, 6.07) is 20.6. The number of aromatic nitrogens is 1. The van der Waals surface area contributed by atoms with Crippen molar-refractivity contribution in [1.29, 1.82) is 0 Å². The van der Waals surface area contributed by atoms with Crippen LogP contribution in [0.4, 0.5) is 0 Å². The van der Waals surface area contributed by atoms with Crippen molar-refractivity contribution in [2.45, 2.75) is 19.8 Å². The maximum atomic E-state index is 11.5. The van der Waals surface area contributed by atoms with Crippen LogP contribution in [-0.2, 0) is 17.6 Å². The zero-order valence-electron chi connectivity index (χ0n) is 14.0. The molecule has 0 aliphatic rings. The second-order valence-electron chi connectivity index (χ2n) is 6.31.